The summed E-state index contributed by atoms with van der Waals surface area (Å²) in [7, 11) is 2.98. The number of carbonyl (C=O) groups excluding carboxylic acids is 3. The third-order valence-corrected chi connectivity index (χ3v) is 5.25. The molecule has 0 spiro atoms. The fourth-order valence-electron chi connectivity index (χ4n) is 3.06. The summed E-state index contributed by atoms with van der Waals surface area (Å²) < 4.78 is 7.21. The number of aliphatic imine (C=N–C) groups is 1. The number of thiazole rings is 1. The van der Waals surface area contributed by atoms with Crippen LogP contribution in [0.25, 0.3) is 0 Å². The second-order valence-electron chi connectivity index (χ2n) is 6.25. The average molecular weight is 377 g/mol. The van der Waals surface area contributed by atoms with Crippen molar-refractivity contribution in [3.63, 3.8) is 0 Å². The zero-order valence-electron chi connectivity index (χ0n) is 14.2. The first-order valence-corrected chi connectivity index (χ1v) is 8.89. The Morgan fingerprint density at radius 2 is 2.12 bits per heavy atom. The first-order chi connectivity index (χ1) is 12.5. The van der Waals surface area contributed by atoms with Crippen molar-refractivity contribution in [2.75, 3.05) is 33.7 Å². The van der Waals surface area contributed by atoms with Gasteiger partial charge in [-0.3, -0.25) is 19.4 Å². The van der Waals surface area contributed by atoms with Gasteiger partial charge in [0.05, 0.1) is 13.1 Å². The lowest BCUT2D eigenvalue weighted by molar-refractivity contribution is -0.521. The third kappa shape index (κ3) is 2.64. The first kappa shape index (κ1) is 16.6. The Bertz CT molecular complexity index is 829. The van der Waals surface area contributed by atoms with Crippen LogP contribution in [0.4, 0.5) is 4.79 Å². The van der Waals surface area contributed by atoms with Crippen LogP contribution in [0.5, 0.6) is 5.19 Å². The summed E-state index contributed by atoms with van der Waals surface area (Å²) >= 11 is 1.41. The molecule has 1 aromatic rings. The molecule has 2 saturated heterocycles. The number of amidine groups is 1. The molecule has 0 saturated carbocycles. The fraction of sp³-hybridized carbons (Fsp3) is 0.467. The van der Waals surface area contributed by atoms with E-state index in [0.717, 1.165) is 4.90 Å². The molecule has 0 radical (unpaired) electrons. The molecule has 0 aliphatic carbocycles. The molecule has 4 amide bonds. The van der Waals surface area contributed by atoms with Crippen molar-refractivity contribution < 1.29 is 23.7 Å². The van der Waals surface area contributed by atoms with Crippen LogP contribution in [0.1, 0.15) is 0 Å². The average Bonchev–Trinajstić information content (AvgIpc) is 3.23. The van der Waals surface area contributed by atoms with Crippen molar-refractivity contribution in [2.45, 2.75) is 12.1 Å². The van der Waals surface area contributed by atoms with E-state index in [4.69, 9.17) is 4.74 Å². The lowest BCUT2D eigenvalue weighted by Crippen LogP contribution is -2.63. The highest BCUT2D eigenvalue weighted by atomic mass is 32.1. The number of likely N-dealkylation sites (tertiary alicyclic amines) is 1. The van der Waals surface area contributed by atoms with Crippen molar-refractivity contribution in [3.8, 4) is 5.19 Å². The maximum absolute atomic E-state index is 12.5. The lowest BCUT2D eigenvalue weighted by Gasteiger charge is -2.38. The Kier molecular flexibility index (Phi) is 3.94. The van der Waals surface area contributed by atoms with Gasteiger partial charge < -0.3 is 9.64 Å². The second-order valence-corrected chi connectivity index (χ2v) is 7.11. The van der Waals surface area contributed by atoms with Gasteiger partial charge >= 0.3 is 6.03 Å². The molecule has 10 nitrogen and oxygen atoms in total. The summed E-state index contributed by atoms with van der Waals surface area (Å²) in [5.41, 5.74) is 0. The molecule has 0 bridgehead atoms. The minimum atomic E-state index is -0.740. The van der Waals surface area contributed by atoms with Crippen molar-refractivity contribution in [1.29, 1.82) is 0 Å². The molecule has 1 aromatic heterocycles. The highest BCUT2D eigenvalue weighted by Crippen LogP contribution is 2.21. The van der Waals surface area contributed by atoms with E-state index in [1.54, 1.807) is 22.7 Å². The Balaban J connectivity index is 1.35. The minimum Gasteiger partial charge on any atom is -0.463 e. The summed E-state index contributed by atoms with van der Waals surface area (Å²) in [6.07, 6.45) is 3.05. The first-order valence-electron chi connectivity index (χ1n) is 8.01. The number of nitrogens with zero attached hydrogens (tertiary/aromatic N) is 6. The molecule has 0 aromatic carbocycles. The maximum Gasteiger partial charge on any atom is 0.333 e. The molecular formula is C15H17N6O4S+. The molecular weight excluding hydrogens is 360 g/mol. The van der Waals surface area contributed by atoms with Gasteiger partial charge in [0, 0.05) is 25.7 Å². The number of carbonyl (C=O) groups is 3. The Morgan fingerprint density at radius 3 is 2.81 bits per heavy atom. The van der Waals surface area contributed by atoms with Crippen LogP contribution in [0, 0.1) is 0 Å². The number of amides is 4. The topological polar surface area (TPSA) is 98.4 Å². The van der Waals surface area contributed by atoms with Crippen LogP contribution in [-0.2, 0) is 9.59 Å². The van der Waals surface area contributed by atoms with Gasteiger partial charge in [0.25, 0.3) is 35.2 Å². The summed E-state index contributed by atoms with van der Waals surface area (Å²) in [6.45, 7) is 0.983. The molecule has 11 heteroatoms. The maximum atomic E-state index is 12.5. The van der Waals surface area contributed by atoms with E-state index in [0.29, 0.717) is 24.1 Å². The van der Waals surface area contributed by atoms with Gasteiger partial charge in [-0.25, -0.2) is 14.4 Å². The highest BCUT2D eigenvalue weighted by Gasteiger charge is 2.51. The third-order valence-electron chi connectivity index (χ3n) is 4.59. The van der Waals surface area contributed by atoms with Crippen molar-refractivity contribution >= 4 is 41.4 Å². The predicted octanol–water partition coefficient (Wildman–Crippen LogP) is -0.922. The van der Waals surface area contributed by atoms with Gasteiger partial charge in [-0.05, 0) is 4.99 Å². The van der Waals surface area contributed by atoms with Gasteiger partial charge in [-0.1, -0.05) is 11.3 Å². The summed E-state index contributed by atoms with van der Waals surface area (Å²) in [6, 6.07) is -1.17. The Morgan fingerprint density at radius 1 is 1.35 bits per heavy atom. The largest absolute Gasteiger partial charge is 0.463 e. The number of hydrogen-bond donors (Lipinski definition) is 0. The van der Waals surface area contributed by atoms with Crippen LogP contribution in [0.2, 0.25) is 0 Å². The van der Waals surface area contributed by atoms with Crippen molar-refractivity contribution in [2.24, 2.45) is 4.99 Å². The smallest absolute Gasteiger partial charge is 0.333 e. The van der Waals surface area contributed by atoms with E-state index in [1.807, 2.05) is 5.38 Å². The van der Waals surface area contributed by atoms with Crippen LogP contribution >= 0.6 is 11.3 Å². The number of ether oxygens (including phenoxy) is 1. The zero-order chi connectivity index (χ0) is 18.4. The molecule has 3 aliphatic rings. The number of aromatic nitrogens is 1. The Hall–Kier alpha value is -2.82. The monoisotopic (exact) mass is 377 g/mol. The molecule has 1 atom stereocenters. The van der Waals surface area contributed by atoms with E-state index in [-0.39, 0.29) is 24.5 Å². The SMILES string of the molecule is CN1C(=O)C2C(=NC=[N+]2CC(=O)N2CC(Oc3nccs3)C2)N(C)C1=O. The lowest BCUT2D eigenvalue weighted by atomic mass is 10.1. The van der Waals surface area contributed by atoms with Crippen molar-refractivity contribution in [3.05, 3.63) is 11.6 Å². The number of imide groups is 1. The normalized spacial score (nSPS) is 22.8. The second kappa shape index (κ2) is 6.16. The fourth-order valence-corrected chi connectivity index (χ4v) is 3.61. The molecule has 26 heavy (non-hydrogen) atoms. The molecule has 3 aliphatic heterocycles. The number of fused-ring (bicyclic) bond motifs is 1. The summed E-state index contributed by atoms with van der Waals surface area (Å²) in [5, 5.41) is 2.43. The molecule has 2 fully saturated rings. The molecule has 4 rings (SSSR count). The van der Waals surface area contributed by atoms with Crippen molar-refractivity contribution in [1.82, 2.24) is 19.7 Å². The molecule has 136 valence electrons. The number of hydrogen-bond acceptors (Lipinski definition) is 7. The molecule has 1 unspecified atom stereocenters. The molecule has 4 heterocycles. The minimum absolute atomic E-state index is 0.0171. The van der Waals surface area contributed by atoms with Gasteiger partial charge in [-0.15, -0.1) is 0 Å². The number of rotatable bonds is 4. The van der Waals surface area contributed by atoms with Crippen LogP contribution in [-0.4, -0.2) is 100 Å². The highest BCUT2D eigenvalue weighted by molar-refractivity contribution is 7.11. The number of likely N-dealkylation sites (N-methyl/N-ethyl adjacent to an activating group) is 2. The van der Waals surface area contributed by atoms with E-state index < -0.39 is 12.1 Å². The van der Waals surface area contributed by atoms with Crippen LogP contribution < -0.4 is 4.74 Å². The van der Waals surface area contributed by atoms with Crippen LogP contribution in [0.15, 0.2) is 16.6 Å². The molecule has 0 N–H and O–H groups in total. The van der Waals surface area contributed by atoms with E-state index in [1.165, 1.54) is 29.6 Å². The summed E-state index contributed by atoms with van der Waals surface area (Å²) in [4.78, 5) is 49.1. The Labute approximate surface area is 153 Å². The van der Waals surface area contributed by atoms with Gasteiger partial charge in [0.15, 0.2) is 6.54 Å². The van der Waals surface area contributed by atoms with Gasteiger partial charge in [0.2, 0.25) is 0 Å². The quantitative estimate of drug-likeness (QED) is 0.632. The predicted molar refractivity (Wildman–Crippen MR) is 91.5 cm³/mol. The van der Waals surface area contributed by atoms with E-state index in [2.05, 4.69) is 9.98 Å². The number of urea groups is 1. The van der Waals surface area contributed by atoms with E-state index in [9.17, 15) is 14.4 Å². The standard InChI is InChI=1S/C15H17N6O4S/c1-18-12-11(13(23)19(2)15(18)24)21(8-17-12)7-10(22)20-5-9(6-20)25-14-16-3-4-26-14/h3-4,8-9,11H,5-7H2,1-2H3/q+1. The van der Waals surface area contributed by atoms with Gasteiger partial charge in [0.1, 0.15) is 6.10 Å². The zero-order valence-corrected chi connectivity index (χ0v) is 15.0. The van der Waals surface area contributed by atoms with Gasteiger partial charge in [-0.2, -0.15) is 0 Å². The summed E-state index contributed by atoms with van der Waals surface area (Å²) in [5.74, 6) is -0.159. The van der Waals surface area contributed by atoms with Crippen LogP contribution in [0.3, 0.4) is 0 Å². The van der Waals surface area contributed by atoms with E-state index >= 15 is 0 Å².